The number of pyridine rings is 2. The third-order valence-corrected chi connectivity index (χ3v) is 4.70. The fraction of sp³-hybridized carbons (Fsp3) is 0.238. The van der Waals surface area contributed by atoms with Crippen molar-refractivity contribution in [1.29, 1.82) is 0 Å². The fourth-order valence-corrected chi connectivity index (χ4v) is 3.28. The van der Waals surface area contributed by atoms with E-state index in [4.69, 9.17) is 4.74 Å². The Kier molecular flexibility index (Phi) is 4.78. The Morgan fingerprint density at radius 2 is 1.78 bits per heavy atom. The molecule has 6 heteroatoms. The number of para-hydroxylation sites is 1. The summed E-state index contributed by atoms with van der Waals surface area (Å²) in [6.07, 6.45) is 5.37. The number of ether oxygens (including phenoxy) is 1. The lowest BCUT2D eigenvalue weighted by molar-refractivity contribution is -0.133. The van der Waals surface area contributed by atoms with Crippen LogP contribution in [-0.2, 0) is 9.53 Å². The molecule has 0 atom stereocenters. The molecule has 1 amide bonds. The number of aromatic nitrogens is 2. The first-order valence-corrected chi connectivity index (χ1v) is 8.97. The number of esters is 1. The average molecular weight is 361 g/mol. The molecule has 0 aliphatic carbocycles. The average Bonchev–Trinajstić information content (AvgIpc) is 3.26. The molecule has 0 N–H and O–H groups in total. The second-order valence-electron chi connectivity index (χ2n) is 6.47. The van der Waals surface area contributed by atoms with E-state index in [1.54, 1.807) is 23.4 Å². The molecule has 136 valence electrons. The zero-order chi connectivity index (χ0) is 18.6. The largest absolute Gasteiger partial charge is 0.452 e. The van der Waals surface area contributed by atoms with Crippen molar-refractivity contribution in [1.82, 2.24) is 14.9 Å². The maximum atomic E-state index is 12.7. The molecule has 0 spiro atoms. The maximum Gasteiger partial charge on any atom is 0.339 e. The van der Waals surface area contributed by atoms with Gasteiger partial charge in [0.2, 0.25) is 0 Å². The van der Waals surface area contributed by atoms with E-state index in [1.807, 2.05) is 36.4 Å². The van der Waals surface area contributed by atoms with Crippen molar-refractivity contribution in [3.05, 3.63) is 60.4 Å². The Hall–Kier alpha value is -3.28. The zero-order valence-electron chi connectivity index (χ0n) is 14.8. The van der Waals surface area contributed by atoms with Crippen LogP contribution in [0.5, 0.6) is 0 Å². The topological polar surface area (TPSA) is 72.4 Å². The molecule has 3 heterocycles. The second-order valence-corrected chi connectivity index (χ2v) is 6.47. The third-order valence-electron chi connectivity index (χ3n) is 4.70. The van der Waals surface area contributed by atoms with Crippen LogP contribution in [-0.4, -0.2) is 46.4 Å². The lowest BCUT2D eigenvalue weighted by atomic mass is 10.0. The van der Waals surface area contributed by atoms with Gasteiger partial charge in [-0.15, -0.1) is 0 Å². The highest BCUT2D eigenvalue weighted by atomic mass is 16.5. The molecule has 1 aliphatic heterocycles. The maximum absolute atomic E-state index is 12.7. The predicted octanol–water partition coefficient (Wildman–Crippen LogP) is 3.08. The number of fused-ring (bicyclic) bond motifs is 1. The SMILES string of the molecule is O=C(OCC(=O)N1CCCC1)c1cc(-c2ccncc2)nc2ccccc12. The van der Waals surface area contributed by atoms with Gasteiger partial charge in [0.15, 0.2) is 6.61 Å². The summed E-state index contributed by atoms with van der Waals surface area (Å²) in [7, 11) is 0. The van der Waals surface area contributed by atoms with Crippen LogP contribution in [0.2, 0.25) is 0 Å². The molecule has 0 saturated carbocycles. The first kappa shape index (κ1) is 17.1. The number of carbonyl (C=O) groups is 2. The number of hydrogen-bond acceptors (Lipinski definition) is 5. The molecule has 2 aromatic heterocycles. The number of carbonyl (C=O) groups excluding carboxylic acids is 2. The minimum absolute atomic E-state index is 0.145. The molecule has 1 aromatic carbocycles. The van der Waals surface area contributed by atoms with Crippen molar-refractivity contribution in [2.45, 2.75) is 12.8 Å². The Morgan fingerprint density at radius 1 is 1.04 bits per heavy atom. The van der Waals surface area contributed by atoms with Gasteiger partial charge >= 0.3 is 5.97 Å². The van der Waals surface area contributed by atoms with Gasteiger partial charge in [0.25, 0.3) is 5.91 Å². The summed E-state index contributed by atoms with van der Waals surface area (Å²) in [5, 5.41) is 0.703. The van der Waals surface area contributed by atoms with Gasteiger partial charge in [-0.2, -0.15) is 0 Å². The zero-order valence-corrected chi connectivity index (χ0v) is 14.8. The van der Waals surface area contributed by atoms with E-state index in [2.05, 4.69) is 9.97 Å². The van der Waals surface area contributed by atoms with Crippen molar-refractivity contribution in [2.24, 2.45) is 0 Å². The van der Waals surface area contributed by atoms with E-state index in [0.717, 1.165) is 31.5 Å². The minimum Gasteiger partial charge on any atom is -0.452 e. The van der Waals surface area contributed by atoms with Gasteiger partial charge in [-0.1, -0.05) is 18.2 Å². The van der Waals surface area contributed by atoms with Crippen molar-refractivity contribution in [2.75, 3.05) is 19.7 Å². The van der Waals surface area contributed by atoms with E-state index in [-0.39, 0.29) is 12.5 Å². The number of benzene rings is 1. The van der Waals surface area contributed by atoms with E-state index >= 15 is 0 Å². The predicted molar refractivity (Wildman–Crippen MR) is 101 cm³/mol. The van der Waals surface area contributed by atoms with Gasteiger partial charge in [0, 0.05) is 36.4 Å². The lowest BCUT2D eigenvalue weighted by Crippen LogP contribution is -2.32. The number of nitrogens with zero attached hydrogens (tertiary/aromatic N) is 3. The van der Waals surface area contributed by atoms with Crippen LogP contribution in [0.25, 0.3) is 22.2 Å². The molecule has 1 saturated heterocycles. The summed E-state index contributed by atoms with van der Waals surface area (Å²) in [5.74, 6) is -0.662. The summed E-state index contributed by atoms with van der Waals surface area (Å²) in [5.41, 5.74) is 2.62. The van der Waals surface area contributed by atoms with Gasteiger partial charge in [-0.25, -0.2) is 9.78 Å². The van der Waals surface area contributed by atoms with E-state index in [1.165, 1.54) is 0 Å². The molecule has 3 aromatic rings. The van der Waals surface area contributed by atoms with E-state index in [9.17, 15) is 9.59 Å². The number of likely N-dealkylation sites (tertiary alicyclic amines) is 1. The monoisotopic (exact) mass is 361 g/mol. The van der Waals surface area contributed by atoms with Crippen LogP contribution in [0.4, 0.5) is 0 Å². The summed E-state index contributed by atoms with van der Waals surface area (Å²) in [4.78, 5) is 35.3. The molecule has 4 rings (SSSR count). The molecule has 27 heavy (non-hydrogen) atoms. The highest BCUT2D eigenvalue weighted by molar-refractivity contribution is 6.05. The Labute approximate surface area is 156 Å². The van der Waals surface area contributed by atoms with Crippen LogP contribution < -0.4 is 0 Å². The Balaban J connectivity index is 1.63. The van der Waals surface area contributed by atoms with Crippen molar-refractivity contribution < 1.29 is 14.3 Å². The third kappa shape index (κ3) is 3.65. The highest BCUT2D eigenvalue weighted by Gasteiger charge is 2.21. The van der Waals surface area contributed by atoms with Crippen molar-refractivity contribution in [3.63, 3.8) is 0 Å². The number of amides is 1. The van der Waals surface area contributed by atoms with E-state index < -0.39 is 5.97 Å². The van der Waals surface area contributed by atoms with Gasteiger partial charge in [-0.05, 0) is 37.1 Å². The smallest absolute Gasteiger partial charge is 0.339 e. The molecular weight excluding hydrogens is 342 g/mol. The second kappa shape index (κ2) is 7.53. The fourth-order valence-electron chi connectivity index (χ4n) is 3.28. The van der Waals surface area contributed by atoms with Crippen LogP contribution in [0, 0.1) is 0 Å². The molecule has 1 fully saturated rings. The van der Waals surface area contributed by atoms with Crippen molar-refractivity contribution >= 4 is 22.8 Å². The number of hydrogen-bond donors (Lipinski definition) is 0. The lowest BCUT2D eigenvalue weighted by Gasteiger charge is -2.15. The van der Waals surface area contributed by atoms with Crippen LogP contribution in [0.15, 0.2) is 54.9 Å². The van der Waals surface area contributed by atoms with Crippen LogP contribution in [0.3, 0.4) is 0 Å². The van der Waals surface area contributed by atoms with Gasteiger partial charge in [0.05, 0.1) is 16.8 Å². The Morgan fingerprint density at radius 3 is 2.56 bits per heavy atom. The standard InChI is InChI=1S/C21H19N3O3/c25-20(24-11-3-4-12-24)14-27-21(26)17-13-19(15-7-9-22-10-8-15)23-18-6-2-1-5-16(17)18/h1-2,5-10,13H,3-4,11-12,14H2. The molecule has 0 bridgehead atoms. The molecule has 1 aliphatic rings. The normalized spacial score (nSPS) is 13.7. The minimum atomic E-state index is -0.517. The first-order valence-electron chi connectivity index (χ1n) is 8.97. The number of rotatable bonds is 4. The summed E-state index contributed by atoms with van der Waals surface area (Å²) in [6, 6.07) is 12.8. The first-order chi connectivity index (χ1) is 13.2. The molecule has 6 nitrogen and oxygen atoms in total. The molecule has 0 unspecified atom stereocenters. The summed E-state index contributed by atoms with van der Waals surface area (Å²) < 4.78 is 5.33. The van der Waals surface area contributed by atoms with Crippen LogP contribution in [0.1, 0.15) is 23.2 Å². The molecular formula is C21H19N3O3. The van der Waals surface area contributed by atoms with Crippen LogP contribution >= 0.6 is 0 Å². The van der Waals surface area contributed by atoms with E-state index in [0.29, 0.717) is 22.2 Å². The van der Waals surface area contributed by atoms with Crippen molar-refractivity contribution in [3.8, 4) is 11.3 Å². The highest BCUT2D eigenvalue weighted by Crippen LogP contribution is 2.25. The van der Waals surface area contributed by atoms with Gasteiger partial charge in [-0.3, -0.25) is 9.78 Å². The van der Waals surface area contributed by atoms with Gasteiger partial charge < -0.3 is 9.64 Å². The Bertz CT molecular complexity index is 982. The van der Waals surface area contributed by atoms with Gasteiger partial charge in [0.1, 0.15) is 0 Å². The quantitative estimate of drug-likeness (QED) is 0.668. The summed E-state index contributed by atoms with van der Waals surface area (Å²) in [6.45, 7) is 1.24. The summed E-state index contributed by atoms with van der Waals surface area (Å²) >= 11 is 0. The molecule has 0 radical (unpaired) electrons.